The van der Waals surface area contributed by atoms with Crippen LogP contribution in [0.1, 0.15) is 135 Å². The van der Waals surface area contributed by atoms with Crippen molar-refractivity contribution in [2.75, 3.05) is 0 Å². The molecule has 0 rings (SSSR count). The summed E-state index contributed by atoms with van der Waals surface area (Å²) >= 11 is 0. The van der Waals surface area contributed by atoms with Crippen molar-refractivity contribution < 1.29 is 39.6 Å². The predicted molar refractivity (Wildman–Crippen MR) is 132 cm³/mol. The van der Waals surface area contributed by atoms with E-state index in [1.807, 2.05) is 0 Å². The van der Waals surface area contributed by atoms with Gasteiger partial charge in [0.05, 0.1) is 0 Å². The van der Waals surface area contributed by atoms with Crippen molar-refractivity contribution in [3.63, 3.8) is 0 Å². The molecule has 0 heterocycles. The van der Waals surface area contributed by atoms with Gasteiger partial charge in [0.25, 0.3) is 0 Å². The molecule has 8 heteroatoms. The van der Waals surface area contributed by atoms with E-state index >= 15 is 0 Å². The number of rotatable bonds is 23. The van der Waals surface area contributed by atoms with Gasteiger partial charge >= 0.3 is 23.9 Å². The van der Waals surface area contributed by atoms with Gasteiger partial charge in [-0.05, 0) is 19.3 Å². The molecular weight excluding hydrogens is 440 g/mol. The number of carboxylic acid groups (broad SMARTS) is 4. The lowest BCUT2D eigenvalue weighted by Crippen LogP contribution is -2.23. The third-order valence-electron chi connectivity index (χ3n) is 5.72. The zero-order valence-corrected chi connectivity index (χ0v) is 21.1. The summed E-state index contributed by atoms with van der Waals surface area (Å²) < 4.78 is 0. The maximum Gasteiger partial charge on any atom is 0.317 e. The molecule has 0 amide bonds. The van der Waals surface area contributed by atoms with Crippen LogP contribution in [-0.2, 0) is 19.2 Å². The van der Waals surface area contributed by atoms with Gasteiger partial charge in [-0.1, -0.05) is 103 Å². The summed E-state index contributed by atoms with van der Waals surface area (Å²) in [4.78, 5) is 41.7. The maximum absolute atomic E-state index is 10.6. The van der Waals surface area contributed by atoms with Crippen LogP contribution in [0, 0.1) is 5.92 Å². The first-order chi connectivity index (χ1) is 16.2. The van der Waals surface area contributed by atoms with Gasteiger partial charge in [0.1, 0.15) is 0 Å². The molecule has 0 saturated carbocycles. The van der Waals surface area contributed by atoms with E-state index in [0.717, 1.165) is 51.4 Å². The third-order valence-corrected chi connectivity index (χ3v) is 5.72. The molecule has 0 fully saturated rings. The van der Waals surface area contributed by atoms with Gasteiger partial charge in [-0.25, -0.2) is 0 Å². The van der Waals surface area contributed by atoms with Crippen LogP contribution in [0.3, 0.4) is 0 Å². The third kappa shape index (κ3) is 27.9. The van der Waals surface area contributed by atoms with Gasteiger partial charge < -0.3 is 20.4 Å². The highest BCUT2D eigenvalue weighted by atomic mass is 16.4. The van der Waals surface area contributed by atoms with E-state index in [1.54, 1.807) is 0 Å². The molecule has 0 atom stereocenters. The topological polar surface area (TPSA) is 149 Å². The number of carbonyl (C=O) groups is 4. The molecule has 0 unspecified atom stereocenters. The zero-order valence-electron chi connectivity index (χ0n) is 21.1. The fourth-order valence-corrected chi connectivity index (χ4v) is 3.62. The largest absolute Gasteiger partial charge is 0.481 e. The van der Waals surface area contributed by atoms with Crippen molar-refractivity contribution in [2.45, 2.75) is 135 Å². The van der Waals surface area contributed by atoms with Crippen molar-refractivity contribution in [3.8, 4) is 0 Å². The molecular formula is C26H48O8. The van der Waals surface area contributed by atoms with Crippen molar-refractivity contribution in [3.05, 3.63) is 0 Å². The second-order valence-corrected chi connectivity index (χ2v) is 8.96. The highest BCUT2D eigenvalue weighted by Gasteiger charge is 2.24. The molecule has 0 saturated heterocycles. The monoisotopic (exact) mass is 488 g/mol. The Hall–Kier alpha value is -2.12. The van der Waals surface area contributed by atoms with Crippen LogP contribution >= 0.6 is 0 Å². The van der Waals surface area contributed by atoms with Crippen LogP contribution < -0.4 is 0 Å². The molecule has 8 nitrogen and oxygen atoms in total. The van der Waals surface area contributed by atoms with Crippen LogP contribution in [0.25, 0.3) is 0 Å². The number of hydrogen-bond acceptors (Lipinski definition) is 4. The highest BCUT2D eigenvalue weighted by molar-refractivity contribution is 5.92. The molecule has 0 aromatic rings. The Morgan fingerprint density at radius 2 is 0.765 bits per heavy atom. The summed E-state index contributed by atoms with van der Waals surface area (Å²) in [6.07, 6.45) is 19.0. The van der Waals surface area contributed by atoms with E-state index in [0.29, 0.717) is 6.42 Å². The lowest BCUT2D eigenvalue weighted by atomic mass is 10.0. The summed E-state index contributed by atoms with van der Waals surface area (Å²) in [5.41, 5.74) is 0. The Kier molecular flexibility index (Phi) is 25.5. The number of carboxylic acids is 4. The van der Waals surface area contributed by atoms with Gasteiger partial charge in [0.2, 0.25) is 0 Å². The average molecular weight is 489 g/mol. The van der Waals surface area contributed by atoms with Crippen molar-refractivity contribution in [1.82, 2.24) is 0 Å². The number of hydrogen-bond donors (Lipinski definition) is 4. The molecule has 0 aliphatic carbocycles. The molecule has 0 spiro atoms. The Balaban J connectivity index is 0. The Morgan fingerprint density at radius 3 is 1.06 bits per heavy atom. The second kappa shape index (κ2) is 25.5. The van der Waals surface area contributed by atoms with E-state index in [4.69, 9.17) is 20.4 Å². The average Bonchev–Trinajstić information content (AvgIpc) is 2.76. The minimum atomic E-state index is -1.23. The smallest absolute Gasteiger partial charge is 0.317 e. The van der Waals surface area contributed by atoms with Gasteiger partial charge in [-0.15, -0.1) is 0 Å². The minimum Gasteiger partial charge on any atom is -0.481 e. The number of aliphatic carboxylic acids is 4. The fourth-order valence-electron chi connectivity index (χ4n) is 3.62. The summed E-state index contributed by atoms with van der Waals surface area (Å²) in [7, 11) is 0. The maximum atomic E-state index is 10.6. The molecule has 0 bridgehead atoms. The van der Waals surface area contributed by atoms with Crippen LogP contribution in [0.2, 0.25) is 0 Å². The number of unbranched alkanes of at least 4 members (excludes halogenated alkanes) is 15. The molecule has 4 N–H and O–H groups in total. The SMILES string of the molecule is CCCCCCCCCCC(C(=O)O)C(=O)O.O=C(O)CCCCCCCCCCCC(=O)O. The van der Waals surface area contributed by atoms with Gasteiger partial charge in [0.15, 0.2) is 5.92 Å². The minimum absolute atomic E-state index is 0.250. The molecule has 0 aromatic heterocycles. The van der Waals surface area contributed by atoms with Gasteiger partial charge in [-0.3, -0.25) is 19.2 Å². The Labute approximate surface area is 205 Å². The second-order valence-electron chi connectivity index (χ2n) is 8.96. The van der Waals surface area contributed by atoms with Crippen LogP contribution in [0.4, 0.5) is 0 Å². The van der Waals surface area contributed by atoms with E-state index in [2.05, 4.69) is 6.92 Å². The first-order valence-electron chi connectivity index (χ1n) is 13.1. The van der Waals surface area contributed by atoms with E-state index in [9.17, 15) is 19.2 Å². The first-order valence-corrected chi connectivity index (χ1v) is 13.1. The molecule has 0 aromatic carbocycles. The van der Waals surface area contributed by atoms with Crippen LogP contribution in [0.15, 0.2) is 0 Å². The first kappa shape index (κ1) is 34.0. The molecule has 0 aliphatic heterocycles. The summed E-state index contributed by atoms with van der Waals surface area (Å²) in [5.74, 6) is -5.08. The molecule has 200 valence electrons. The quantitative estimate of drug-likeness (QED) is 0.0911. The van der Waals surface area contributed by atoms with Crippen molar-refractivity contribution in [1.29, 1.82) is 0 Å². The zero-order chi connectivity index (χ0) is 26.0. The van der Waals surface area contributed by atoms with Gasteiger partial charge in [0, 0.05) is 12.8 Å². The summed E-state index contributed by atoms with van der Waals surface area (Å²) in [6.45, 7) is 2.18. The Bertz CT molecular complexity index is 497. The lowest BCUT2D eigenvalue weighted by Gasteiger charge is -2.06. The fraction of sp³-hybridized carbons (Fsp3) is 0.846. The van der Waals surface area contributed by atoms with Crippen molar-refractivity contribution >= 4 is 23.9 Å². The van der Waals surface area contributed by atoms with Crippen LogP contribution in [-0.4, -0.2) is 44.3 Å². The summed E-state index contributed by atoms with van der Waals surface area (Å²) in [5, 5.41) is 34.2. The van der Waals surface area contributed by atoms with E-state index < -0.39 is 29.8 Å². The van der Waals surface area contributed by atoms with Crippen molar-refractivity contribution in [2.24, 2.45) is 5.92 Å². The predicted octanol–water partition coefficient (Wildman–Crippen LogP) is 6.75. The molecule has 34 heavy (non-hydrogen) atoms. The molecule has 0 aliphatic rings. The Morgan fingerprint density at radius 1 is 0.471 bits per heavy atom. The molecule has 0 radical (unpaired) electrons. The normalized spacial score (nSPS) is 10.5. The summed E-state index contributed by atoms with van der Waals surface area (Å²) in [6, 6.07) is 0. The standard InChI is InChI=1S/2C13H24O4/c1-2-3-4-5-6-7-8-9-10-11(12(14)15)13(16)17;14-12(15)10-8-6-4-2-1-3-5-7-9-11-13(16)17/h11H,2-10H2,1H3,(H,14,15)(H,16,17);1-11H2,(H,14,15)(H,16,17). The van der Waals surface area contributed by atoms with E-state index in [1.165, 1.54) is 51.4 Å². The van der Waals surface area contributed by atoms with Gasteiger partial charge in [-0.2, -0.15) is 0 Å². The van der Waals surface area contributed by atoms with E-state index in [-0.39, 0.29) is 19.3 Å². The highest BCUT2D eigenvalue weighted by Crippen LogP contribution is 2.14. The lowest BCUT2D eigenvalue weighted by molar-refractivity contribution is -0.155. The van der Waals surface area contributed by atoms with Crippen LogP contribution in [0.5, 0.6) is 0 Å².